The highest BCUT2D eigenvalue weighted by Gasteiger charge is 2.26. The van der Waals surface area contributed by atoms with E-state index in [9.17, 15) is 18.8 Å². The van der Waals surface area contributed by atoms with Crippen molar-refractivity contribution in [1.82, 2.24) is 19.2 Å². The highest BCUT2D eigenvalue weighted by molar-refractivity contribution is 5.91. The van der Waals surface area contributed by atoms with Gasteiger partial charge < -0.3 is 9.64 Å². The molecule has 8 nitrogen and oxygen atoms in total. The van der Waals surface area contributed by atoms with Gasteiger partial charge in [-0.15, -0.1) is 0 Å². The van der Waals surface area contributed by atoms with E-state index in [1.54, 1.807) is 30.3 Å². The number of aromatic nitrogens is 3. The minimum atomic E-state index is -0.826. The van der Waals surface area contributed by atoms with E-state index >= 15 is 0 Å². The average molecular weight is 410 g/mol. The van der Waals surface area contributed by atoms with E-state index in [0.717, 1.165) is 9.25 Å². The molecule has 0 radical (unpaired) electrons. The normalized spacial score (nSPS) is 14.0. The lowest BCUT2D eigenvalue weighted by atomic mass is 10.2. The molecule has 1 saturated heterocycles. The Labute approximate surface area is 170 Å². The summed E-state index contributed by atoms with van der Waals surface area (Å²) in [6.45, 7) is 1.22. The number of carbonyl (C=O) groups is 1. The molecular weight excluding hydrogens is 391 g/mol. The molecule has 2 aromatic carbocycles. The molecule has 30 heavy (non-hydrogen) atoms. The summed E-state index contributed by atoms with van der Waals surface area (Å²) in [5.74, 6) is -1.31. The van der Waals surface area contributed by atoms with Crippen LogP contribution in [-0.4, -0.2) is 51.5 Å². The molecule has 9 heteroatoms. The third kappa shape index (κ3) is 3.79. The first kappa shape index (κ1) is 19.7. The molecule has 0 N–H and O–H groups in total. The Hall–Kier alpha value is -3.59. The van der Waals surface area contributed by atoms with E-state index in [2.05, 4.69) is 5.10 Å². The third-order valence-electron chi connectivity index (χ3n) is 4.82. The quantitative estimate of drug-likeness (QED) is 0.642. The van der Waals surface area contributed by atoms with Gasteiger partial charge in [-0.1, -0.05) is 42.5 Å². The summed E-state index contributed by atoms with van der Waals surface area (Å²) in [6.07, 6.45) is 0. The van der Waals surface area contributed by atoms with Crippen molar-refractivity contribution < 1.29 is 13.9 Å². The fraction of sp³-hybridized carbons (Fsp3) is 0.238. The molecule has 1 aliphatic heterocycles. The van der Waals surface area contributed by atoms with Crippen LogP contribution in [0.1, 0.15) is 16.1 Å². The molecule has 3 aromatic rings. The SMILES string of the molecule is O=C(c1nn(-c2ccccc2F)c(=O)n(Cc2ccccc2)c1=O)N1CCOCC1. The summed E-state index contributed by atoms with van der Waals surface area (Å²) >= 11 is 0. The number of carbonyl (C=O) groups excluding carboxylic acids is 1. The van der Waals surface area contributed by atoms with Gasteiger partial charge in [-0.05, 0) is 17.7 Å². The molecule has 0 bridgehead atoms. The van der Waals surface area contributed by atoms with Crippen LogP contribution < -0.4 is 11.2 Å². The molecule has 2 heterocycles. The van der Waals surface area contributed by atoms with Crippen LogP contribution in [0.2, 0.25) is 0 Å². The molecule has 1 aliphatic rings. The van der Waals surface area contributed by atoms with Gasteiger partial charge in [-0.25, -0.2) is 9.18 Å². The maximum Gasteiger partial charge on any atom is 0.352 e. The van der Waals surface area contributed by atoms with Crippen molar-refractivity contribution in [1.29, 1.82) is 0 Å². The van der Waals surface area contributed by atoms with Gasteiger partial charge in [-0.2, -0.15) is 9.78 Å². The van der Waals surface area contributed by atoms with E-state index in [4.69, 9.17) is 4.74 Å². The highest BCUT2D eigenvalue weighted by Crippen LogP contribution is 2.10. The maximum absolute atomic E-state index is 14.4. The number of rotatable bonds is 4. The van der Waals surface area contributed by atoms with E-state index in [1.807, 2.05) is 6.07 Å². The van der Waals surface area contributed by atoms with Crippen LogP contribution in [-0.2, 0) is 11.3 Å². The Morgan fingerprint density at radius 3 is 2.37 bits per heavy atom. The van der Waals surface area contributed by atoms with Crippen LogP contribution in [0.25, 0.3) is 5.69 Å². The first-order valence-electron chi connectivity index (χ1n) is 9.46. The van der Waals surface area contributed by atoms with Crippen molar-refractivity contribution >= 4 is 5.91 Å². The summed E-state index contributed by atoms with van der Waals surface area (Å²) in [7, 11) is 0. The number of morpholine rings is 1. The first-order chi connectivity index (χ1) is 14.6. The fourth-order valence-corrected chi connectivity index (χ4v) is 3.25. The fourth-order valence-electron chi connectivity index (χ4n) is 3.25. The standard InChI is InChI=1S/C21H19FN4O4/c22-16-8-4-5-9-17(16)26-21(29)25(14-15-6-2-1-3-7-15)20(28)18(23-26)19(27)24-10-12-30-13-11-24/h1-9H,10-14H2. The van der Waals surface area contributed by atoms with Crippen molar-refractivity contribution in [3.8, 4) is 5.69 Å². The molecule has 0 unspecified atom stereocenters. The Bertz CT molecular complexity index is 1180. The van der Waals surface area contributed by atoms with E-state index in [-0.39, 0.29) is 12.2 Å². The minimum absolute atomic E-state index is 0.0706. The molecular formula is C21H19FN4O4. The highest BCUT2D eigenvalue weighted by atomic mass is 19.1. The second-order valence-electron chi connectivity index (χ2n) is 6.78. The second kappa shape index (κ2) is 8.42. The molecule has 1 aromatic heterocycles. The van der Waals surface area contributed by atoms with Crippen LogP contribution in [0.5, 0.6) is 0 Å². The lowest BCUT2D eigenvalue weighted by Gasteiger charge is -2.26. The summed E-state index contributed by atoms with van der Waals surface area (Å²) in [5, 5.41) is 3.98. The number of halogens is 1. The van der Waals surface area contributed by atoms with Crippen molar-refractivity contribution in [3.63, 3.8) is 0 Å². The monoisotopic (exact) mass is 410 g/mol. The molecule has 4 rings (SSSR count). The van der Waals surface area contributed by atoms with E-state index in [0.29, 0.717) is 31.9 Å². The molecule has 0 spiro atoms. The van der Waals surface area contributed by atoms with Gasteiger partial charge in [0.25, 0.3) is 11.5 Å². The number of para-hydroxylation sites is 1. The van der Waals surface area contributed by atoms with Gasteiger partial charge in [0.1, 0.15) is 11.5 Å². The summed E-state index contributed by atoms with van der Waals surface area (Å²) in [4.78, 5) is 40.5. The Morgan fingerprint density at radius 2 is 1.67 bits per heavy atom. The zero-order chi connectivity index (χ0) is 21.1. The molecule has 0 saturated carbocycles. The molecule has 1 fully saturated rings. The predicted molar refractivity (Wildman–Crippen MR) is 106 cm³/mol. The van der Waals surface area contributed by atoms with E-state index < -0.39 is 28.7 Å². The van der Waals surface area contributed by atoms with Gasteiger partial charge >= 0.3 is 5.69 Å². The lowest BCUT2D eigenvalue weighted by molar-refractivity contribution is 0.0295. The van der Waals surface area contributed by atoms with Crippen LogP contribution >= 0.6 is 0 Å². The van der Waals surface area contributed by atoms with Crippen LogP contribution in [0, 0.1) is 5.82 Å². The number of hydrogen-bond acceptors (Lipinski definition) is 5. The van der Waals surface area contributed by atoms with E-state index in [1.165, 1.54) is 23.1 Å². The maximum atomic E-state index is 14.4. The van der Waals surface area contributed by atoms with Crippen molar-refractivity contribution in [2.24, 2.45) is 0 Å². The first-order valence-corrected chi connectivity index (χ1v) is 9.46. The number of amides is 1. The zero-order valence-corrected chi connectivity index (χ0v) is 16.0. The van der Waals surface area contributed by atoms with Gasteiger partial charge in [-0.3, -0.25) is 14.2 Å². The number of hydrogen-bond donors (Lipinski definition) is 0. The minimum Gasteiger partial charge on any atom is -0.378 e. The van der Waals surface area contributed by atoms with Crippen LogP contribution in [0.3, 0.4) is 0 Å². The summed E-state index contributed by atoms with van der Waals surface area (Å²) in [5.41, 5.74) is -1.52. The van der Waals surface area contributed by atoms with Crippen LogP contribution in [0.4, 0.5) is 4.39 Å². The molecule has 0 aliphatic carbocycles. The number of benzene rings is 2. The van der Waals surface area contributed by atoms with Crippen molar-refractivity contribution in [3.05, 3.63) is 92.5 Å². The lowest BCUT2D eigenvalue weighted by Crippen LogP contribution is -2.49. The number of nitrogens with zero attached hydrogens (tertiary/aromatic N) is 4. The van der Waals surface area contributed by atoms with Gasteiger partial charge in [0.2, 0.25) is 5.69 Å². The summed E-state index contributed by atoms with van der Waals surface area (Å²) < 4.78 is 21.3. The van der Waals surface area contributed by atoms with Gasteiger partial charge in [0.05, 0.1) is 19.8 Å². The summed E-state index contributed by atoms with van der Waals surface area (Å²) in [6, 6.07) is 14.4. The van der Waals surface area contributed by atoms with Crippen molar-refractivity contribution in [2.75, 3.05) is 26.3 Å². The number of ether oxygens (including phenoxy) is 1. The Kier molecular flexibility index (Phi) is 5.53. The topological polar surface area (TPSA) is 86.4 Å². The average Bonchev–Trinajstić information content (AvgIpc) is 2.78. The van der Waals surface area contributed by atoms with Gasteiger partial charge in [0, 0.05) is 13.1 Å². The largest absolute Gasteiger partial charge is 0.378 e. The predicted octanol–water partition coefficient (Wildman–Crippen LogP) is 1.05. The molecule has 0 atom stereocenters. The molecule has 1 amide bonds. The zero-order valence-electron chi connectivity index (χ0n) is 16.0. The third-order valence-corrected chi connectivity index (χ3v) is 4.82. The Morgan fingerprint density at radius 1 is 1.00 bits per heavy atom. The van der Waals surface area contributed by atoms with Crippen LogP contribution in [0.15, 0.2) is 64.2 Å². The van der Waals surface area contributed by atoms with Gasteiger partial charge in [0.15, 0.2) is 0 Å². The smallest absolute Gasteiger partial charge is 0.352 e. The molecule has 154 valence electrons. The Balaban J connectivity index is 1.89. The van der Waals surface area contributed by atoms with Crippen molar-refractivity contribution in [2.45, 2.75) is 6.54 Å². The second-order valence-corrected chi connectivity index (χ2v) is 6.78.